The lowest BCUT2D eigenvalue weighted by atomic mass is 9.81. The molecule has 0 saturated heterocycles. The number of rotatable bonds is 3. The average Bonchev–Trinajstić information content (AvgIpc) is 2.58. The van der Waals surface area contributed by atoms with Crippen LogP contribution in [0.1, 0.15) is 18.1 Å². The van der Waals surface area contributed by atoms with E-state index in [4.69, 9.17) is 32.7 Å². The topological polar surface area (TPSA) is 52.6 Å². The monoisotopic (exact) mass is 376 g/mol. The summed E-state index contributed by atoms with van der Waals surface area (Å²) < 4.78 is 11.1. The maximum absolute atomic E-state index is 12.9. The number of benzene rings is 2. The molecule has 2 aromatic rings. The molecule has 0 aromatic heterocycles. The summed E-state index contributed by atoms with van der Waals surface area (Å²) in [5.74, 6) is -0.800. The van der Waals surface area contributed by atoms with Crippen molar-refractivity contribution >= 4 is 35.0 Å². The van der Waals surface area contributed by atoms with Crippen LogP contribution in [0.2, 0.25) is 10.0 Å². The van der Waals surface area contributed by atoms with Crippen LogP contribution in [-0.2, 0) is 24.7 Å². The Bertz CT molecular complexity index is 780. The van der Waals surface area contributed by atoms with E-state index in [2.05, 4.69) is 0 Å². The summed E-state index contributed by atoms with van der Waals surface area (Å²) >= 11 is 11.9. The molecule has 0 saturated carbocycles. The van der Waals surface area contributed by atoms with Gasteiger partial charge in [0.1, 0.15) is 0 Å². The lowest BCUT2D eigenvalue weighted by molar-refractivity contribution is -0.195. The molecule has 0 N–H and O–H groups in total. The van der Waals surface area contributed by atoms with E-state index >= 15 is 0 Å². The molecule has 3 rings (SSSR count). The first kappa shape index (κ1) is 17.7. The average molecular weight is 377 g/mol. The van der Waals surface area contributed by atoms with Gasteiger partial charge in [0.2, 0.25) is 6.29 Å². The summed E-state index contributed by atoms with van der Waals surface area (Å²) in [7, 11) is 0. The van der Waals surface area contributed by atoms with E-state index in [0.29, 0.717) is 21.2 Å². The van der Waals surface area contributed by atoms with E-state index in [1.165, 1.54) is 19.1 Å². The van der Waals surface area contributed by atoms with Crippen molar-refractivity contribution in [1.82, 2.24) is 0 Å². The highest BCUT2D eigenvalue weighted by atomic mass is 35.5. The van der Waals surface area contributed by atoms with Crippen LogP contribution in [-0.4, -0.2) is 18.0 Å². The minimum atomic E-state index is -1.45. The number of hydrogen-bond acceptors (Lipinski definition) is 4. The van der Waals surface area contributed by atoms with E-state index in [-0.39, 0.29) is 5.78 Å². The van der Waals surface area contributed by atoms with Crippen molar-refractivity contribution < 1.29 is 19.1 Å². The van der Waals surface area contributed by atoms with E-state index in [9.17, 15) is 9.59 Å². The molecule has 0 bridgehead atoms. The minimum Gasteiger partial charge on any atom is -0.432 e. The predicted molar refractivity (Wildman–Crippen MR) is 94.5 cm³/mol. The molecule has 1 heterocycles. The highest BCUT2D eigenvalue weighted by Gasteiger charge is 2.46. The lowest BCUT2D eigenvalue weighted by Crippen LogP contribution is -2.45. The molecule has 1 atom stereocenters. The molecule has 1 aliphatic rings. The molecule has 4 nitrogen and oxygen atoms in total. The second-order valence-corrected chi connectivity index (χ2v) is 6.39. The Morgan fingerprint density at radius 2 is 1.48 bits per heavy atom. The van der Waals surface area contributed by atoms with E-state index in [0.717, 1.165) is 0 Å². The number of carbonyl (C=O) groups excluding carboxylic acids is 2. The quantitative estimate of drug-likeness (QED) is 0.750. The SMILES string of the molecule is CC(=O)OC1C=CC(=O)C(c2ccc(Cl)cc2)(c2ccc(Cl)cc2)O1. The number of ether oxygens (including phenoxy) is 2. The molecule has 25 heavy (non-hydrogen) atoms. The number of ketones is 1. The molecule has 1 unspecified atom stereocenters. The fourth-order valence-electron chi connectivity index (χ4n) is 2.74. The Kier molecular flexibility index (Phi) is 4.95. The molecule has 0 aliphatic carbocycles. The Hall–Kier alpha value is -2.14. The highest BCUT2D eigenvalue weighted by molar-refractivity contribution is 6.30. The Morgan fingerprint density at radius 1 is 1.00 bits per heavy atom. The second-order valence-electron chi connectivity index (χ2n) is 5.51. The third-order valence-electron chi connectivity index (χ3n) is 3.83. The van der Waals surface area contributed by atoms with Gasteiger partial charge < -0.3 is 9.47 Å². The van der Waals surface area contributed by atoms with Gasteiger partial charge in [-0.3, -0.25) is 9.59 Å². The van der Waals surface area contributed by atoms with Gasteiger partial charge in [-0.25, -0.2) is 0 Å². The van der Waals surface area contributed by atoms with Crippen molar-refractivity contribution in [2.24, 2.45) is 0 Å². The van der Waals surface area contributed by atoms with Crippen LogP contribution < -0.4 is 0 Å². The van der Waals surface area contributed by atoms with Gasteiger partial charge in [-0.15, -0.1) is 0 Å². The van der Waals surface area contributed by atoms with Gasteiger partial charge in [0.15, 0.2) is 11.4 Å². The third-order valence-corrected chi connectivity index (χ3v) is 4.33. The molecule has 0 radical (unpaired) electrons. The van der Waals surface area contributed by atoms with Gasteiger partial charge in [-0.1, -0.05) is 47.5 Å². The third kappa shape index (κ3) is 3.47. The summed E-state index contributed by atoms with van der Waals surface area (Å²) in [5.41, 5.74) is -0.305. The van der Waals surface area contributed by atoms with E-state index in [1.807, 2.05) is 0 Å². The van der Waals surface area contributed by atoms with Gasteiger partial charge >= 0.3 is 5.97 Å². The normalized spacial score (nSPS) is 18.8. The molecule has 0 fully saturated rings. The van der Waals surface area contributed by atoms with E-state index < -0.39 is 17.9 Å². The molecule has 128 valence electrons. The van der Waals surface area contributed by atoms with E-state index in [1.54, 1.807) is 48.5 Å². The largest absolute Gasteiger partial charge is 0.432 e. The van der Waals surface area contributed by atoms with Gasteiger partial charge in [0.05, 0.1) is 0 Å². The second kappa shape index (κ2) is 7.00. The number of hydrogen-bond donors (Lipinski definition) is 0. The van der Waals surface area contributed by atoms with Gasteiger partial charge in [0, 0.05) is 17.0 Å². The van der Waals surface area contributed by atoms with Gasteiger partial charge in [-0.05, 0) is 47.5 Å². The zero-order valence-electron chi connectivity index (χ0n) is 13.2. The summed E-state index contributed by atoms with van der Waals surface area (Å²) in [6.07, 6.45) is 1.79. The molecule has 2 aromatic carbocycles. The van der Waals surface area contributed by atoms with Crippen molar-refractivity contribution in [3.8, 4) is 0 Å². The first-order chi connectivity index (χ1) is 11.9. The van der Waals surface area contributed by atoms with Crippen LogP contribution in [0.5, 0.6) is 0 Å². The number of carbonyl (C=O) groups is 2. The first-order valence-corrected chi connectivity index (χ1v) is 8.27. The van der Waals surface area contributed by atoms with Crippen LogP contribution in [0.15, 0.2) is 60.7 Å². The summed E-state index contributed by atoms with van der Waals surface area (Å²) in [6, 6.07) is 13.5. The molecular weight excluding hydrogens is 363 g/mol. The van der Waals surface area contributed by atoms with Crippen molar-refractivity contribution in [3.05, 3.63) is 81.9 Å². The van der Waals surface area contributed by atoms with Gasteiger partial charge in [0.25, 0.3) is 0 Å². The maximum Gasteiger partial charge on any atom is 0.305 e. The predicted octanol–water partition coefficient (Wildman–Crippen LogP) is 4.28. The van der Waals surface area contributed by atoms with Crippen LogP contribution in [0.4, 0.5) is 0 Å². The number of halogens is 2. The van der Waals surface area contributed by atoms with Crippen LogP contribution in [0.3, 0.4) is 0 Å². The zero-order chi connectivity index (χ0) is 18.0. The molecule has 1 aliphatic heterocycles. The number of esters is 1. The van der Waals surface area contributed by atoms with Crippen molar-refractivity contribution in [2.45, 2.75) is 18.8 Å². The molecular formula is C19H14Cl2O4. The maximum atomic E-state index is 12.9. The Balaban J connectivity index is 2.16. The minimum absolute atomic E-state index is 0.291. The van der Waals surface area contributed by atoms with Crippen LogP contribution in [0.25, 0.3) is 0 Å². The van der Waals surface area contributed by atoms with Crippen molar-refractivity contribution in [1.29, 1.82) is 0 Å². The standard InChI is InChI=1S/C19H14Cl2O4/c1-12(22)24-18-11-10-17(23)19(25-18,13-2-6-15(20)7-3-13)14-4-8-16(21)9-5-14/h2-11,18H,1H3. The van der Waals surface area contributed by atoms with Crippen LogP contribution in [0, 0.1) is 0 Å². The lowest BCUT2D eigenvalue weighted by Gasteiger charge is -2.37. The highest BCUT2D eigenvalue weighted by Crippen LogP contribution is 2.39. The zero-order valence-corrected chi connectivity index (χ0v) is 14.8. The first-order valence-electron chi connectivity index (χ1n) is 7.51. The van der Waals surface area contributed by atoms with Crippen molar-refractivity contribution in [2.75, 3.05) is 0 Å². The Labute approximate surface area is 155 Å². The Morgan fingerprint density at radius 3 is 1.92 bits per heavy atom. The molecule has 0 spiro atoms. The fourth-order valence-corrected chi connectivity index (χ4v) is 2.99. The van der Waals surface area contributed by atoms with Crippen molar-refractivity contribution in [3.63, 3.8) is 0 Å². The van der Waals surface area contributed by atoms with Crippen LogP contribution >= 0.6 is 23.2 Å². The fraction of sp³-hybridized carbons (Fsp3) is 0.158. The molecule has 0 amide bonds. The summed E-state index contributed by atoms with van der Waals surface area (Å²) in [5, 5.41) is 1.07. The van der Waals surface area contributed by atoms with Gasteiger partial charge in [-0.2, -0.15) is 0 Å². The summed E-state index contributed by atoms with van der Waals surface area (Å²) in [6.45, 7) is 1.28. The smallest absolute Gasteiger partial charge is 0.305 e. The molecule has 6 heteroatoms. The summed E-state index contributed by atoms with van der Waals surface area (Å²) in [4.78, 5) is 24.2.